The molecule has 0 atom stereocenters. The van der Waals surface area contributed by atoms with Crippen LogP contribution < -0.4 is 4.74 Å². The third kappa shape index (κ3) is 2.78. The van der Waals surface area contributed by atoms with Gasteiger partial charge in [-0.1, -0.05) is 48.5 Å². The average Bonchev–Trinajstić information content (AvgIpc) is 2.42. The van der Waals surface area contributed by atoms with Crippen LogP contribution in [0.5, 0.6) is 5.75 Å². The van der Waals surface area contributed by atoms with Crippen molar-refractivity contribution in [3.05, 3.63) is 71.8 Å². The summed E-state index contributed by atoms with van der Waals surface area (Å²) in [6, 6.07) is 19.4. The van der Waals surface area contributed by atoms with E-state index in [0.717, 1.165) is 16.9 Å². The van der Waals surface area contributed by atoms with Gasteiger partial charge in [-0.2, -0.15) is 5.26 Å². The molecule has 0 unspecified atom stereocenters. The number of para-hydroxylation sites is 1. The summed E-state index contributed by atoms with van der Waals surface area (Å²) in [6.07, 6.45) is 1.42. The second-order valence-electron chi connectivity index (χ2n) is 3.87. The van der Waals surface area contributed by atoms with E-state index in [1.165, 1.54) is 6.08 Å². The van der Waals surface area contributed by atoms with Crippen LogP contribution in [-0.4, -0.2) is 0 Å². The van der Waals surface area contributed by atoms with E-state index in [1.807, 2.05) is 67.6 Å². The van der Waals surface area contributed by atoms with Crippen molar-refractivity contribution in [2.24, 2.45) is 0 Å². The Morgan fingerprint density at radius 1 is 1.06 bits per heavy atom. The molecule has 0 fully saturated rings. The van der Waals surface area contributed by atoms with Crippen molar-refractivity contribution >= 4 is 5.76 Å². The largest absolute Gasteiger partial charge is 0.456 e. The number of hydrogen-bond acceptors (Lipinski definition) is 2. The van der Waals surface area contributed by atoms with Crippen molar-refractivity contribution < 1.29 is 4.74 Å². The Labute approximate surface area is 107 Å². The fourth-order valence-corrected chi connectivity index (χ4v) is 1.62. The van der Waals surface area contributed by atoms with Gasteiger partial charge in [0.05, 0.1) is 12.1 Å². The molecule has 0 aliphatic rings. The van der Waals surface area contributed by atoms with Gasteiger partial charge in [0.15, 0.2) is 0 Å². The number of aryl methyl sites for hydroxylation is 1. The van der Waals surface area contributed by atoms with E-state index < -0.39 is 0 Å². The summed E-state index contributed by atoms with van der Waals surface area (Å²) in [7, 11) is 0. The Morgan fingerprint density at radius 2 is 1.72 bits per heavy atom. The molecule has 88 valence electrons. The van der Waals surface area contributed by atoms with E-state index in [9.17, 15) is 0 Å². The first-order valence-electron chi connectivity index (χ1n) is 5.70. The lowest BCUT2D eigenvalue weighted by Crippen LogP contribution is -1.96. The molecule has 18 heavy (non-hydrogen) atoms. The minimum Gasteiger partial charge on any atom is -0.456 e. The SMILES string of the molecule is Cc1ccccc1O/C(=C/C#N)c1ccccc1. The lowest BCUT2D eigenvalue weighted by Gasteiger charge is -2.11. The molecule has 0 aliphatic heterocycles. The monoisotopic (exact) mass is 235 g/mol. The molecule has 0 bridgehead atoms. The van der Waals surface area contributed by atoms with Gasteiger partial charge in [0, 0.05) is 5.56 Å². The van der Waals surface area contributed by atoms with Crippen LogP contribution in [0.4, 0.5) is 0 Å². The first-order chi connectivity index (χ1) is 8.81. The quantitative estimate of drug-likeness (QED) is 0.596. The first-order valence-corrected chi connectivity index (χ1v) is 5.70. The Hall–Kier alpha value is -2.53. The molecule has 2 heteroatoms. The second kappa shape index (κ2) is 5.70. The second-order valence-corrected chi connectivity index (χ2v) is 3.87. The number of ether oxygens (including phenoxy) is 1. The number of nitriles is 1. The summed E-state index contributed by atoms with van der Waals surface area (Å²) in [5, 5.41) is 8.84. The highest BCUT2D eigenvalue weighted by atomic mass is 16.5. The molecule has 2 aromatic rings. The highest BCUT2D eigenvalue weighted by Crippen LogP contribution is 2.23. The van der Waals surface area contributed by atoms with Crippen LogP contribution in [0.25, 0.3) is 5.76 Å². The van der Waals surface area contributed by atoms with Crippen LogP contribution >= 0.6 is 0 Å². The van der Waals surface area contributed by atoms with Crippen molar-refractivity contribution in [3.8, 4) is 11.8 Å². The zero-order valence-electron chi connectivity index (χ0n) is 10.1. The van der Waals surface area contributed by atoms with Gasteiger partial charge >= 0.3 is 0 Å². The van der Waals surface area contributed by atoms with Crippen LogP contribution in [0.1, 0.15) is 11.1 Å². The third-order valence-corrected chi connectivity index (χ3v) is 2.57. The maximum absolute atomic E-state index is 8.84. The molecule has 0 aliphatic carbocycles. The third-order valence-electron chi connectivity index (χ3n) is 2.57. The number of allylic oxidation sites excluding steroid dienone is 1. The molecular weight excluding hydrogens is 222 g/mol. The van der Waals surface area contributed by atoms with Crippen molar-refractivity contribution in [1.82, 2.24) is 0 Å². The number of rotatable bonds is 3. The summed E-state index contributed by atoms with van der Waals surface area (Å²) in [5.41, 5.74) is 1.93. The molecule has 0 saturated heterocycles. The van der Waals surface area contributed by atoms with Crippen LogP contribution in [0.15, 0.2) is 60.7 Å². The topological polar surface area (TPSA) is 33.0 Å². The number of nitrogens with zero attached hydrogens (tertiary/aromatic N) is 1. The lowest BCUT2D eigenvalue weighted by atomic mass is 10.1. The molecule has 0 N–H and O–H groups in total. The Balaban J connectivity index is 2.33. The zero-order valence-corrected chi connectivity index (χ0v) is 10.1. The molecule has 0 amide bonds. The van der Waals surface area contributed by atoms with E-state index in [4.69, 9.17) is 10.00 Å². The molecule has 0 heterocycles. The summed E-state index contributed by atoms with van der Waals surface area (Å²) in [5.74, 6) is 1.33. The van der Waals surface area contributed by atoms with Gasteiger partial charge in [-0.05, 0) is 18.6 Å². The molecule has 2 rings (SSSR count). The fourth-order valence-electron chi connectivity index (χ4n) is 1.62. The van der Waals surface area contributed by atoms with E-state index in [1.54, 1.807) is 0 Å². The Bertz CT molecular complexity index is 594. The van der Waals surface area contributed by atoms with Gasteiger partial charge in [0.2, 0.25) is 0 Å². The molecule has 0 radical (unpaired) electrons. The van der Waals surface area contributed by atoms with E-state index in [0.29, 0.717) is 5.76 Å². The molecular formula is C16H13NO. The first kappa shape index (κ1) is 11.9. The van der Waals surface area contributed by atoms with Crippen molar-refractivity contribution in [2.45, 2.75) is 6.92 Å². The van der Waals surface area contributed by atoms with Gasteiger partial charge in [-0.25, -0.2) is 0 Å². The highest BCUT2D eigenvalue weighted by Gasteiger charge is 2.05. The molecule has 0 saturated carbocycles. The van der Waals surface area contributed by atoms with E-state index in [2.05, 4.69) is 0 Å². The van der Waals surface area contributed by atoms with Crippen LogP contribution in [0, 0.1) is 18.3 Å². The van der Waals surface area contributed by atoms with Crippen LogP contribution in [0.3, 0.4) is 0 Å². The zero-order chi connectivity index (χ0) is 12.8. The summed E-state index contributed by atoms with van der Waals surface area (Å²) in [4.78, 5) is 0. The van der Waals surface area contributed by atoms with Gasteiger partial charge in [-0.3, -0.25) is 0 Å². The van der Waals surface area contributed by atoms with Gasteiger partial charge in [-0.15, -0.1) is 0 Å². The average molecular weight is 235 g/mol. The number of hydrogen-bond donors (Lipinski definition) is 0. The Morgan fingerprint density at radius 3 is 2.39 bits per heavy atom. The van der Waals surface area contributed by atoms with Gasteiger partial charge < -0.3 is 4.74 Å². The van der Waals surface area contributed by atoms with Crippen molar-refractivity contribution in [1.29, 1.82) is 5.26 Å². The predicted molar refractivity (Wildman–Crippen MR) is 71.8 cm³/mol. The minimum absolute atomic E-state index is 0.562. The molecule has 0 aromatic heterocycles. The smallest absolute Gasteiger partial charge is 0.145 e. The Kier molecular flexibility index (Phi) is 3.78. The molecule has 2 nitrogen and oxygen atoms in total. The summed E-state index contributed by atoms with van der Waals surface area (Å²) >= 11 is 0. The fraction of sp³-hybridized carbons (Fsp3) is 0.0625. The van der Waals surface area contributed by atoms with Gasteiger partial charge in [0.25, 0.3) is 0 Å². The van der Waals surface area contributed by atoms with Crippen molar-refractivity contribution in [2.75, 3.05) is 0 Å². The number of benzene rings is 2. The van der Waals surface area contributed by atoms with Gasteiger partial charge in [0.1, 0.15) is 11.5 Å². The van der Waals surface area contributed by atoms with Crippen LogP contribution in [0.2, 0.25) is 0 Å². The van der Waals surface area contributed by atoms with Crippen LogP contribution in [-0.2, 0) is 0 Å². The maximum Gasteiger partial charge on any atom is 0.145 e. The van der Waals surface area contributed by atoms with E-state index in [-0.39, 0.29) is 0 Å². The summed E-state index contributed by atoms with van der Waals surface area (Å²) < 4.78 is 5.81. The summed E-state index contributed by atoms with van der Waals surface area (Å²) in [6.45, 7) is 1.98. The normalized spacial score (nSPS) is 10.8. The lowest BCUT2D eigenvalue weighted by molar-refractivity contribution is 0.511. The molecule has 2 aromatic carbocycles. The molecule has 0 spiro atoms. The minimum atomic E-state index is 0.562. The highest BCUT2D eigenvalue weighted by molar-refractivity contribution is 5.64. The maximum atomic E-state index is 8.84. The van der Waals surface area contributed by atoms with E-state index >= 15 is 0 Å². The standard InChI is InChI=1S/C16H13NO/c1-13-7-5-6-10-15(13)18-16(11-12-17)14-8-3-2-4-9-14/h2-11H,1H3/b16-11+. The predicted octanol–water partition coefficient (Wildman–Crippen LogP) is 3.94. The van der Waals surface area contributed by atoms with Crippen molar-refractivity contribution in [3.63, 3.8) is 0 Å².